The largest absolute Gasteiger partial charge is 0.481 e. The van der Waals surface area contributed by atoms with E-state index >= 15 is 0 Å². The second-order valence-electron chi connectivity index (χ2n) is 8.77. The number of ether oxygens (including phenoxy) is 1. The van der Waals surface area contributed by atoms with Gasteiger partial charge >= 0.3 is 5.97 Å². The van der Waals surface area contributed by atoms with Crippen molar-refractivity contribution in [3.63, 3.8) is 0 Å². The molecule has 1 fully saturated rings. The molecular weight excluding hydrogens is 482 g/mol. The Kier molecular flexibility index (Phi) is 6.69. The number of hydrogen-bond acceptors (Lipinski definition) is 4. The molecule has 6 nitrogen and oxygen atoms in total. The van der Waals surface area contributed by atoms with Crippen LogP contribution in [0.3, 0.4) is 0 Å². The molecule has 4 rings (SSSR count). The van der Waals surface area contributed by atoms with Gasteiger partial charge in [0.2, 0.25) is 0 Å². The van der Waals surface area contributed by atoms with Crippen molar-refractivity contribution in [2.45, 2.75) is 32.8 Å². The number of aromatic nitrogens is 1. The van der Waals surface area contributed by atoms with Gasteiger partial charge in [-0.05, 0) is 62.6 Å². The van der Waals surface area contributed by atoms with Crippen LogP contribution in [0.15, 0.2) is 42.6 Å². The predicted octanol–water partition coefficient (Wildman–Crippen LogP) is 5.83. The molecular formula is C25H23Cl2FN2O4. The molecule has 0 spiro atoms. The van der Waals surface area contributed by atoms with Gasteiger partial charge in [0, 0.05) is 36.3 Å². The molecule has 0 radical (unpaired) electrons. The SMILES string of the molecule is CC(Oc1ccc2c(-c3c(Cl)cc(F)cc3Cl)ccnc2c1)C(=O)N1CCC[C@@](C)(C(=O)O)C1. The number of benzene rings is 2. The zero-order chi connectivity index (χ0) is 24.6. The van der Waals surface area contributed by atoms with Crippen LogP contribution >= 0.6 is 23.2 Å². The summed E-state index contributed by atoms with van der Waals surface area (Å²) in [5.74, 6) is -1.26. The lowest BCUT2D eigenvalue weighted by Crippen LogP contribution is -2.51. The van der Waals surface area contributed by atoms with Crippen molar-refractivity contribution in [3.05, 3.63) is 58.5 Å². The van der Waals surface area contributed by atoms with Crippen molar-refractivity contribution in [2.75, 3.05) is 13.1 Å². The van der Waals surface area contributed by atoms with Gasteiger partial charge < -0.3 is 14.7 Å². The van der Waals surface area contributed by atoms with E-state index in [0.29, 0.717) is 41.8 Å². The molecule has 1 aliphatic heterocycles. The summed E-state index contributed by atoms with van der Waals surface area (Å²) >= 11 is 12.5. The van der Waals surface area contributed by atoms with Gasteiger partial charge in [0.1, 0.15) is 11.6 Å². The molecule has 1 aromatic heterocycles. The maximum absolute atomic E-state index is 13.6. The van der Waals surface area contributed by atoms with Crippen LogP contribution in [-0.2, 0) is 9.59 Å². The molecule has 1 saturated heterocycles. The number of nitrogens with zero attached hydrogens (tertiary/aromatic N) is 2. The summed E-state index contributed by atoms with van der Waals surface area (Å²) in [6.07, 6.45) is 1.94. The summed E-state index contributed by atoms with van der Waals surface area (Å²) in [7, 11) is 0. The van der Waals surface area contributed by atoms with Gasteiger partial charge in [0.25, 0.3) is 5.91 Å². The quantitative estimate of drug-likeness (QED) is 0.472. The van der Waals surface area contributed by atoms with Gasteiger partial charge in [-0.1, -0.05) is 23.2 Å². The van der Waals surface area contributed by atoms with Gasteiger partial charge in [-0.3, -0.25) is 14.6 Å². The van der Waals surface area contributed by atoms with E-state index in [1.807, 2.05) is 0 Å². The zero-order valence-corrected chi connectivity index (χ0v) is 20.2. The lowest BCUT2D eigenvalue weighted by atomic mass is 9.82. The monoisotopic (exact) mass is 504 g/mol. The van der Waals surface area contributed by atoms with Crippen LogP contribution in [0.5, 0.6) is 5.75 Å². The minimum atomic E-state index is -0.959. The molecule has 2 heterocycles. The zero-order valence-electron chi connectivity index (χ0n) is 18.6. The number of likely N-dealkylation sites (tertiary alicyclic amines) is 1. The average Bonchev–Trinajstić information content (AvgIpc) is 2.77. The standard InChI is InChI=1S/C25H23Cl2FN2O4/c1-14(23(31)30-9-3-7-25(2,13-30)24(32)33)34-16-4-5-17-18(6-8-29-21(17)12-16)22-19(26)10-15(28)11-20(22)27/h4-6,8,10-12,14H,3,7,9,13H2,1-2H3,(H,32,33)/t14?,25-/m1/s1. The number of aliphatic carboxylic acids is 1. The number of pyridine rings is 1. The van der Waals surface area contributed by atoms with Gasteiger partial charge in [0.05, 0.1) is 21.0 Å². The molecule has 178 valence electrons. The van der Waals surface area contributed by atoms with E-state index in [-0.39, 0.29) is 22.5 Å². The molecule has 2 aromatic carbocycles. The van der Waals surface area contributed by atoms with Crippen LogP contribution < -0.4 is 4.74 Å². The highest BCUT2D eigenvalue weighted by atomic mass is 35.5. The molecule has 0 aliphatic carbocycles. The molecule has 9 heteroatoms. The molecule has 1 N–H and O–H groups in total. The van der Waals surface area contributed by atoms with Crippen molar-refractivity contribution < 1.29 is 23.8 Å². The second-order valence-corrected chi connectivity index (χ2v) is 9.59. The van der Waals surface area contributed by atoms with E-state index in [1.165, 1.54) is 12.1 Å². The lowest BCUT2D eigenvalue weighted by Gasteiger charge is -2.38. The van der Waals surface area contributed by atoms with Gasteiger partial charge in [-0.2, -0.15) is 0 Å². The highest BCUT2D eigenvalue weighted by Crippen LogP contribution is 2.39. The average molecular weight is 505 g/mol. The molecule has 34 heavy (non-hydrogen) atoms. The Balaban J connectivity index is 1.57. The van der Waals surface area contributed by atoms with E-state index in [1.54, 1.807) is 49.2 Å². The summed E-state index contributed by atoms with van der Waals surface area (Å²) < 4.78 is 19.5. The van der Waals surface area contributed by atoms with E-state index < -0.39 is 23.3 Å². The van der Waals surface area contributed by atoms with Crippen molar-refractivity contribution >= 4 is 46.0 Å². The minimum Gasteiger partial charge on any atom is -0.481 e. The predicted molar refractivity (Wildman–Crippen MR) is 129 cm³/mol. The van der Waals surface area contributed by atoms with Crippen LogP contribution in [-0.4, -0.2) is 46.1 Å². The smallest absolute Gasteiger partial charge is 0.311 e. The first-order valence-corrected chi connectivity index (χ1v) is 11.6. The number of piperidine rings is 1. The van der Waals surface area contributed by atoms with Crippen LogP contribution in [0.2, 0.25) is 10.0 Å². The number of hydrogen-bond donors (Lipinski definition) is 1. The Morgan fingerprint density at radius 2 is 1.91 bits per heavy atom. The molecule has 3 aromatic rings. The number of amides is 1. The van der Waals surface area contributed by atoms with Crippen molar-refractivity contribution in [1.29, 1.82) is 0 Å². The Morgan fingerprint density at radius 3 is 2.59 bits per heavy atom. The highest BCUT2D eigenvalue weighted by molar-refractivity contribution is 6.39. The van der Waals surface area contributed by atoms with Gasteiger partial charge in [-0.15, -0.1) is 0 Å². The third kappa shape index (κ3) is 4.68. The number of carboxylic acids is 1. The summed E-state index contributed by atoms with van der Waals surface area (Å²) in [5.41, 5.74) is 0.820. The third-order valence-corrected chi connectivity index (χ3v) is 6.77. The molecule has 0 bridgehead atoms. The van der Waals surface area contributed by atoms with E-state index in [0.717, 1.165) is 5.39 Å². The molecule has 1 aliphatic rings. The first kappa shape index (κ1) is 24.2. The van der Waals surface area contributed by atoms with Crippen LogP contribution in [0.1, 0.15) is 26.7 Å². The number of carbonyl (C=O) groups excluding carboxylic acids is 1. The molecule has 0 saturated carbocycles. The van der Waals surface area contributed by atoms with Crippen LogP contribution in [0, 0.1) is 11.2 Å². The minimum absolute atomic E-state index is 0.149. The number of halogens is 3. The summed E-state index contributed by atoms with van der Waals surface area (Å²) in [6, 6.07) is 9.34. The topological polar surface area (TPSA) is 79.7 Å². The molecule has 2 atom stereocenters. The summed E-state index contributed by atoms with van der Waals surface area (Å²) in [4.78, 5) is 30.5. The van der Waals surface area contributed by atoms with Crippen molar-refractivity contribution in [2.24, 2.45) is 5.41 Å². The Bertz CT molecular complexity index is 1260. The number of rotatable bonds is 5. The third-order valence-electron chi connectivity index (χ3n) is 6.18. The normalized spacial score (nSPS) is 19.1. The van der Waals surface area contributed by atoms with Crippen molar-refractivity contribution in [1.82, 2.24) is 9.88 Å². The Hall–Kier alpha value is -2.90. The first-order valence-electron chi connectivity index (χ1n) is 10.8. The van der Waals surface area contributed by atoms with E-state index in [9.17, 15) is 19.1 Å². The fraction of sp³-hybridized carbons (Fsp3) is 0.320. The lowest BCUT2D eigenvalue weighted by molar-refractivity contribution is -0.155. The van der Waals surface area contributed by atoms with E-state index in [2.05, 4.69) is 4.98 Å². The first-order chi connectivity index (χ1) is 16.1. The van der Waals surface area contributed by atoms with Gasteiger partial charge in [0.15, 0.2) is 6.10 Å². The fourth-order valence-corrected chi connectivity index (χ4v) is 5.00. The van der Waals surface area contributed by atoms with Gasteiger partial charge in [-0.25, -0.2) is 4.39 Å². The highest BCUT2D eigenvalue weighted by Gasteiger charge is 2.40. The Labute approximate surface area is 206 Å². The number of fused-ring (bicyclic) bond motifs is 1. The maximum Gasteiger partial charge on any atom is 0.311 e. The maximum atomic E-state index is 13.6. The summed E-state index contributed by atoms with van der Waals surface area (Å²) in [5, 5.41) is 10.6. The fourth-order valence-electron chi connectivity index (χ4n) is 4.33. The second kappa shape index (κ2) is 9.39. The molecule has 1 unspecified atom stereocenters. The van der Waals surface area contributed by atoms with Crippen LogP contribution in [0.4, 0.5) is 4.39 Å². The Morgan fingerprint density at radius 1 is 1.21 bits per heavy atom. The number of carbonyl (C=O) groups is 2. The van der Waals surface area contributed by atoms with Crippen LogP contribution in [0.25, 0.3) is 22.0 Å². The molecule has 1 amide bonds. The number of carboxylic acid groups (broad SMARTS) is 1. The van der Waals surface area contributed by atoms with E-state index in [4.69, 9.17) is 27.9 Å². The van der Waals surface area contributed by atoms with Crippen molar-refractivity contribution in [3.8, 4) is 16.9 Å². The summed E-state index contributed by atoms with van der Waals surface area (Å²) in [6.45, 7) is 3.95.